The summed E-state index contributed by atoms with van der Waals surface area (Å²) in [6.07, 6.45) is 0.381. The Morgan fingerprint density at radius 3 is 2.37 bits per heavy atom. The van der Waals surface area contributed by atoms with E-state index in [1.54, 1.807) is 0 Å². The fourth-order valence-corrected chi connectivity index (χ4v) is 9.19. The average molecular weight is 709 g/mol. The van der Waals surface area contributed by atoms with Gasteiger partial charge in [0.2, 0.25) is 5.90 Å². The van der Waals surface area contributed by atoms with Gasteiger partial charge in [0, 0.05) is 60.2 Å². The average Bonchev–Trinajstić information content (AvgIpc) is 3.79. The number of aryl methyl sites for hydroxylation is 5. The smallest absolute Gasteiger partial charge is 0.217 e. The molecule has 1 aliphatic heterocycles. The zero-order chi connectivity index (χ0) is 39.0. The number of pyridine rings is 1. The highest BCUT2D eigenvalue weighted by Gasteiger charge is 2.46. The number of aromatic nitrogens is 3. The number of fused-ring (bicyclic) bond motifs is 8. The Balaban J connectivity index is 1.18. The van der Waals surface area contributed by atoms with Gasteiger partial charge in [-0.15, -0.1) is 0 Å². The molecule has 4 heterocycles. The molecule has 0 amide bonds. The van der Waals surface area contributed by atoms with Crippen LogP contribution in [0.3, 0.4) is 0 Å². The molecule has 0 fully saturated rings. The third-order valence-corrected chi connectivity index (χ3v) is 12.0. The first-order chi connectivity index (χ1) is 26.7. The van der Waals surface area contributed by atoms with Crippen molar-refractivity contribution < 1.29 is 7.48 Å². The Bertz CT molecular complexity index is 3020. The van der Waals surface area contributed by atoms with Crippen LogP contribution in [0.5, 0.6) is 0 Å². The number of hydrogen-bond acceptors (Lipinski definition) is 3. The van der Waals surface area contributed by atoms with E-state index in [2.05, 4.69) is 130 Å². The molecule has 268 valence electrons. The predicted octanol–water partition coefficient (Wildman–Crippen LogP) is 11.6. The Morgan fingerprint density at radius 1 is 0.741 bits per heavy atom. The first-order valence-electron chi connectivity index (χ1n) is 20.2. The van der Waals surface area contributed by atoms with Crippen molar-refractivity contribution >= 4 is 49.6 Å². The molecule has 3 aromatic heterocycles. The van der Waals surface area contributed by atoms with Gasteiger partial charge in [0.1, 0.15) is 17.3 Å². The number of hydrogen-bond donors (Lipinski definition) is 0. The molecule has 2 atom stereocenters. The van der Waals surface area contributed by atoms with E-state index in [-0.39, 0.29) is 0 Å². The van der Waals surface area contributed by atoms with Crippen molar-refractivity contribution in [3.05, 3.63) is 147 Å². The summed E-state index contributed by atoms with van der Waals surface area (Å²) in [6.45, 7) is 16.9. The molecule has 5 aromatic carbocycles. The molecule has 54 heavy (non-hydrogen) atoms. The maximum absolute atomic E-state index is 9.50. The summed E-state index contributed by atoms with van der Waals surface area (Å²) in [5, 5.41) is 4.72. The maximum atomic E-state index is 9.50. The van der Waals surface area contributed by atoms with Crippen LogP contribution in [0, 0.1) is 34.6 Å². The first-order valence-corrected chi connectivity index (χ1v) is 19.2. The zero-order valence-corrected chi connectivity index (χ0v) is 32.3. The highest BCUT2D eigenvalue weighted by molar-refractivity contribution is 6.12. The van der Waals surface area contributed by atoms with Gasteiger partial charge in [0.25, 0.3) is 0 Å². The van der Waals surface area contributed by atoms with Gasteiger partial charge in [0.05, 0.1) is 16.6 Å². The van der Waals surface area contributed by atoms with Gasteiger partial charge in [0.15, 0.2) is 0 Å². The van der Waals surface area contributed by atoms with Gasteiger partial charge in [-0.25, -0.2) is 9.98 Å². The number of rotatable bonds is 4. The van der Waals surface area contributed by atoms with Gasteiger partial charge in [-0.05, 0) is 135 Å². The van der Waals surface area contributed by atoms with Crippen molar-refractivity contribution in [2.24, 2.45) is 4.99 Å². The van der Waals surface area contributed by atoms with Crippen LogP contribution in [-0.4, -0.2) is 31.7 Å². The number of ether oxygens (including phenoxy) is 1. The van der Waals surface area contributed by atoms with Gasteiger partial charge >= 0.3 is 0 Å². The van der Waals surface area contributed by atoms with E-state index >= 15 is 0 Å². The SMILES string of the molecule is [2H]C1([2H])c2cc(C)cc(C)c2C[C@@H]2OC(c3cc(-n4c5ccc(C)cc5c5ccc(-n6c7ccc(C(C)C)cc7c7cccnc76)cc54)c(C)cc3C)=N[C@]21C. The lowest BCUT2D eigenvalue weighted by Gasteiger charge is -2.34. The summed E-state index contributed by atoms with van der Waals surface area (Å²) >= 11 is 0. The molecule has 0 saturated carbocycles. The minimum atomic E-state index is -1.70. The van der Waals surface area contributed by atoms with Gasteiger partial charge in [-0.2, -0.15) is 0 Å². The quantitative estimate of drug-likeness (QED) is 0.183. The van der Waals surface area contributed by atoms with E-state index < -0.39 is 18.0 Å². The fourth-order valence-electron chi connectivity index (χ4n) is 9.19. The summed E-state index contributed by atoms with van der Waals surface area (Å²) in [5.74, 6) is 0.933. The van der Waals surface area contributed by atoms with Crippen molar-refractivity contribution in [2.75, 3.05) is 0 Å². The van der Waals surface area contributed by atoms with Crippen molar-refractivity contribution in [3.63, 3.8) is 0 Å². The Hall–Kier alpha value is -5.68. The lowest BCUT2D eigenvalue weighted by Crippen LogP contribution is -2.42. The second-order valence-corrected chi connectivity index (χ2v) is 16.3. The van der Waals surface area contributed by atoms with Crippen molar-refractivity contribution in [1.82, 2.24) is 14.1 Å². The Morgan fingerprint density at radius 2 is 1.54 bits per heavy atom. The summed E-state index contributed by atoms with van der Waals surface area (Å²) < 4.78 is 30.5. The Labute approximate surface area is 319 Å². The van der Waals surface area contributed by atoms with Crippen molar-refractivity contribution in [3.8, 4) is 11.4 Å². The van der Waals surface area contributed by atoms with Crippen LogP contribution < -0.4 is 0 Å². The summed E-state index contributed by atoms with van der Waals surface area (Å²) in [4.78, 5) is 10.1. The Kier molecular flexibility index (Phi) is 6.64. The monoisotopic (exact) mass is 708 g/mol. The van der Waals surface area contributed by atoms with Crippen LogP contribution in [0.2, 0.25) is 0 Å². The molecule has 0 unspecified atom stereocenters. The minimum absolute atomic E-state index is 0.416. The highest BCUT2D eigenvalue weighted by Crippen LogP contribution is 2.42. The van der Waals surface area contributed by atoms with Crippen LogP contribution in [0.25, 0.3) is 55.1 Å². The number of aliphatic imine (C=N–C) groups is 1. The molecule has 8 aromatic rings. The minimum Gasteiger partial charge on any atom is -0.471 e. The van der Waals surface area contributed by atoms with Gasteiger partial charge in [-0.1, -0.05) is 61.4 Å². The highest BCUT2D eigenvalue weighted by atomic mass is 16.5. The van der Waals surface area contributed by atoms with Crippen LogP contribution >= 0.6 is 0 Å². The molecule has 0 spiro atoms. The molecule has 0 N–H and O–H groups in total. The summed E-state index contributed by atoms with van der Waals surface area (Å²) in [6, 6.07) is 33.1. The topological polar surface area (TPSA) is 44.3 Å². The van der Waals surface area contributed by atoms with E-state index in [0.29, 0.717) is 18.2 Å². The lowest BCUT2D eigenvalue weighted by molar-refractivity contribution is 0.136. The predicted molar refractivity (Wildman–Crippen MR) is 224 cm³/mol. The van der Waals surface area contributed by atoms with Gasteiger partial charge in [-0.3, -0.25) is 4.57 Å². The normalized spacial score (nSPS) is 19.6. The molecular weight excluding hydrogens is 661 g/mol. The van der Waals surface area contributed by atoms with Gasteiger partial charge < -0.3 is 9.30 Å². The van der Waals surface area contributed by atoms with E-state index in [0.717, 1.165) is 77.9 Å². The maximum Gasteiger partial charge on any atom is 0.217 e. The molecule has 5 heteroatoms. The molecule has 0 radical (unpaired) electrons. The van der Waals surface area contributed by atoms with Crippen molar-refractivity contribution in [2.45, 2.75) is 85.7 Å². The van der Waals surface area contributed by atoms with Crippen LogP contribution in [-0.2, 0) is 17.5 Å². The van der Waals surface area contributed by atoms with Crippen LogP contribution in [0.1, 0.15) is 79.5 Å². The molecule has 0 saturated heterocycles. The summed E-state index contributed by atoms with van der Waals surface area (Å²) in [5.41, 5.74) is 14.8. The third kappa shape index (κ3) is 4.83. The second-order valence-electron chi connectivity index (χ2n) is 16.3. The number of nitrogens with zero attached hydrogens (tertiary/aromatic N) is 4. The first kappa shape index (κ1) is 30.7. The van der Waals surface area contributed by atoms with E-state index in [1.807, 2.05) is 32.2 Å². The van der Waals surface area contributed by atoms with E-state index in [1.165, 1.54) is 27.3 Å². The zero-order valence-electron chi connectivity index (χ0n) is 34.3. The number of benzene rings is 5. The second kappa shape index (κ2) is 11.7. The molecule has 1 aliphatic carbocycles. The molecule has 10 rings (SSSR count). The van der Waals surface area contributed by atoms with E-state index in [4.69, 9.17) is 14.7 Å². The van der Waals surface area contributed by atoms with Crippen LogP contribution in [0.15, 0.2) is 102 Å². The largest absolute Gasteiger partial charge is 0.471 e. The molecule has 2 aliphatic rings. The molecule has 5 nitrogen and oxygen atoms in total. The standard InChI is InChI=1S/C49H46N4O/c1-27(2)33-12-16-42-41(22-33)37-10-9-17-50-47(37)52(42)35-13-14-36-40-20-28(3)11-15-43(40)53(45(36)23-35)44-24-39(31(6)21-32(44)7)48-51-49(8)26-34-19-29(4)18-30(5)38(34)25-46(49)54-48/h9-24,27,46H,25-26H2,1-8H3/t46-,49-/m0/s1/i26D2. The van der Waals surface area contributed by atoms with E-state index in [9.17, 15) is 2.74 Å². The molecule has 0 bridgehead atoms. The lowest BCUT2D eigenvalue weighted by atomic mass is 9.76. The summed E-state index contributed by atoms with van der Waals surface area (Å²) in [7, 11) is 0. The van der Waals surface area contributed by atoms with Crippen LogP contribution in [0.4, 0.5) is 0 Å². The molecular formula is C49H46N4O. The third-order valence-electron chi connectivity index (χ3n) is 12.0. The van der Waals surface area contributed by atoms with Crippen molar-refractivity contribution in [1.29, 1.82) is 0 Å². The fraction of sp³-hybridized carbons (Fsp3) is 0.265.